The van der Waals surface area contributed by atoms with Crippen molar-refractivity contribution in [1.82, 2.24) is 4.57 Å². The van der Waals surface area contributed by atoms with E-state index in [1.54, 1.807) is 0 Å². The van der Waals surface area contributed by atoms with E-state index < -0.39 is 96.9 Å². The van der Waals surface area contributed by atoms with E-state index in [2.05, 4.69) is 0 Å². The lowest BCUT2D eigenvalue weighted by Crippen LogP contribution is -2.36. The van der Waals surface area contributed by atoms with Gasteiger partial charge in [-0.25, -0.2) is 0 Å². The van der Waals surface area contributed by atoms with Crippen LogP contribution in [0, 0.1) is 0 Å². The Kier molecular flexibility index (Phi) is 5.38. The standard InChI is InChI=1S/C19H17ClN2O11/c1-3-22(8-12(26)15(29)17(31)16(30)13(8)27)19(33)5-9(23)4-6(20)10(24)14(28)11(25)7(4)21(2)18(5)32/h23-31H,3H2,1-2H3. The Morgan fingerprint density at radius 2 is 1.24 bits per heavy atom. The van der Waals surface area contributed by atoms with Gasteiger partial charge in [0.2, 0.25) is 23.0 Å². The molecule has 33 heavy (non-hydrogen) atoms. The molecule has 176 valence electrons. The van der Waals surface area contributed by atoms with Crippen LogP contribution in [0.2, 0.25) is 5.02 Å². The molecule has 0 atom stereocenters. The number of amides is 1. The second-order valence-electron chi connectivity index (χ2n) is 6.81. The van der Waals surface area contributed by atoms with Crippen molar-refractivity contribution in [3.8, 4) is 51.7 Å². The largest absolute Gasteiger partial charge is 0.506 e. The van der Waals surface area contributed by atoms with E-state index >= 15 is 0 Å². The molecule has 13 nitrogen and oxygen atoms in total. The van der Waals surface area contributed by atoms with Crippen LogP contribution < -0.4 is 10.5 Å². The van der Waals surface area contributed by atoms with E-state index in [-0.39, 0.29) is 0 Å². The van der Waals surface area contributed by atoms with Crippen LogP contribution in [0.1, 0.15) is 17.3 Å². The fourth-order valence-electron chi connectivity index (χ4n) is 3.37. The second kappa shape index (κ2) is 7.63. The topological polar surface area (TPSA) is 224 Å². The smallest absolute Gasteiger partial charge is 0.267 e. The van der Waals surface area contributed by atoms with Gasteiger partial charge < -0.3 is 55.4 Å². The van der Waals surface area contributed by atoms with E-state index in [0.29, 0.717) is 9.47 Å². The van der Waals surface area contributed by atoms with Crippen LogP contribution >= 0.6 is 11.6 Å². The molecule has 0 saturated carbocycles. The van der Waals surface area contributed by atoms with Gasteiger partial charge in [0.05, 0.1) is 10.4 Å². The maximum absolute atomic E-state index is 13.3. The fourth-order valence-corrected chi connectivity index (χ4v) is 3.64. The van der Waals surface area contributed by atoms with Crippen molar-refractivity contribution in [1.29, 1.82) is 0 Å². The number of aryl methyl sites for hydroxylation is 1. The molecule has 14 heteroatoms. The number of rotatable bonds is 3. The minimum absolute atomic E-state index is 0.413. The van der Waals surface area contributed by atoms with Crippen molar-refractivity contribution in [2.45, 2.75) is 6.92 Å². The molecule has 9 N–H and O–H groups in total. The highest BCUT2D eigenvalue weighted by molar-refractivity contribution is 6.38. The average Bonchev–Trinajstić information content (AvgIpc) is 2.78. The summed E-state index contributed by atoms with van der Waals surface area (Å²) in [6, 6.07) is 0. The number of hydrogen-bond donors (Lipinski definition) is 9. The van der Waals surface area contributed by atoms with Crippen LogP contribution in [0.5, 0.6) is 51.7 Å². The number of aromatic hydroxyl groups is 9. The van der Waals surface area contributed by atoms with Gasteiger partial charge in [-0.05, 0) is 6.92 Å². The van der Waals surface area contributed by atoms with E-state index in [4.69, 9.17) is 11.6 Å². The molecule has 0 spiro atoms. The van der Waals surface area contributed by atoms with Gasteiger partial charge in [0, 0.05) is 13.6 Å². The highest BCUT2D eigenvalue weighted by atomic mass is 35.5. The molecule has 2 aromatic carbocycles. The maximum atomic E-state index is 13.3. The van der Waals surface area contributed by atoms with Crippen molar-refractivity contribution in [2.75, 3.05) is 11.4 Å². The number of benzene rings is 2. The molecule has 1 aromatic heterocycles. The van der Waals surface area contributed by atoms with E-state index in [0.717, 1.165) is 7.05 Å². The van der Waals surface area contributed by atoms with Crippen LogP contribution in [0.3, 0.4) is 0 Å². The Balaban J connectivity index is 2.41. The van der Waals surface area contributed by atoms with Gasteiger partial charge >= 0.3 is 0 Å². The van der Waals surface area contributed by atoms with Crippen molar-refractivity contribution >= 4 is 34.1 Å². The normalized spacial score (nSPS) is 11.1. The Bertz CT molecular complexity index is 1390. The first-order chi connectivity index (χ1) is 15.3. The number of phenols is 8. The number of anilines is 1. The number of halogens is 1. The first kappa shape index (κ1) is 23.3. The summed E-state index contributed by atoms with van der Waals surface area (Å²) < 4.78 is 0.641. The molecule has 0 aliphatic heterocycles. The number of carbonyl (C=O) groups is 1. The quantitative estimate of drug-likeness (QED) is 0.189. The third kappa shape index (κ3) is 3.01. The first-order valence-corrected chi connectivity index (χ1v) is 9.35. The predicted octanol–water partition coefficient (Wildman–Crippen LogP) is 1.21. The minimum Gasteiger partial charge on any atom is -0.506 e. The van der Waals surface area contributed by atoms with Crippen LogP contribution in [-0.2, 0) is 7.05 Å². The van der Waals surface area contributed by atoms with Crippen molar-refractivity contribution in [3.05, 3.63) is 20.9 Å². The average molecular weight is 485 g/mol. The van der Waals surface area contributed by atoms with Gasteiger partial charge in [-0.3, -0.25) is 9.59 Å². The zero-order valence-corrected chi connectivity index (χ0v) is 17.6. The van der Waals surface area contributed by atoms with Crippen molar-refractivity contribution in [2.24, 2.45) is 7.05 Å². The molecule has 1 amide bonds. The van der Waals surface area contributed by atoms with Crippen LogP contribution in [0.4, 0.5) is 5.69 Å². The number of nitrogens with zero attached hydrogens (tertiary/aromatic N) is 2. The summed E-state index contributed by atoms with van der Waals surface area (Å²) in [5.41, 5.74) is -3.67. The molecule has 0 unspecified atom stereocenters. The van der Waals surface area contributed by atoms with Crippen LogP contribution in [0.15, 0.2) is 4.79 Å². The van der Waals surface area contributed by atoms with Gasteiger partial charge in [0.1, 0.15) is 22.5 Å². The summed E-state index contributed by atoms with van der Waals surface area (Å²) in [5.74, 6) is -12.0. The van der Waals surface area contributed by atoms with E-state index in [1.165, 1.54) is 6.92 Å². The molecular weight excluding hydrogens is 468 g/mol. The molecule has 3 rings (SSSR count). The fraction of sp³-hybridized carbons (Fsp3) is 0.158. The Labute approximate surface area is 188 Å². The number of aromatic nitrogens is 1. The number of phenolic OH excluding ortho intramolecular Hbond substituents is 8. The summed E-state index contributed by atoms with van der Waals surface area (Å²) in [5, 5.41) is 88.7. The van der Waals surface area contributed by atoms with Gasteiger partial charge in [-0.1, -0.05) is 11.6 Å². The molecule has 1 heterocycles. The van der Waals surface area contributed by atoms with Gasteiger partial charge in [0.25, 0.3) is 11.5 Å². The third-order valence-corrected chi connectivity index (χ3v) is 5.42. The lowest BCUT2D eigenvalue weighted by Gasteiger charge is -2.25. The molecule has 3 aromatic rings. The Morgan fingerprint density at radius 1 is 0.788 bits per heavy atom. The number of fused-ring (bicyclic) bond motifs is 1. The second-order valence-corrected chi connectivity index (χ2v) is 7.19. The zero-order valence-electron chi connectivity index (χ0n) is 16.8. The first-order valence-electron chi connectivity index (χ1n) is 8.97. The van der Waals surface area contributed by atoms with Gasteiger partial charge in [0.15, 0.2) is 23.0 Å². The van der Waals surface area contributed by atoms with E-state index in [1.807, 2.05) is 0 Å². The van der Waals surface area contributed by atoms with Crippen LogP contribution in [0.25, 0.3) is 10.9 Å². The number of hydrogen-bond acceptors (Lipinski definition) is 11. The van der Waals surface area contributed by atoms with Crippen molar-refractivity contribution < 1.29 is 50.8 Å². The molecule has 0 bridgehead atoms. The SMILES string of the molecule is CCN(C(=O)c1c(O)c2c(Cl)c(O)c(O)c(O)c2n(C)c1=O)c1c(O)c(O)c(O)c(O)c1O. The Morgan fingerprint density at radius 3 is 1.73 bits per heavy atom. The summed E-state index contributed by atoms with van der Waals surface area (Å²) in [4.78, 5) is 26.7. The number of pyridine rings is 1. The molecule has 0 fully saturated rings. The molecular formula is C19H17ClN2O11. The summed E-state index contributed by atoms with van der Waals surface area (Å²) in [6.45, 7) is 0.896. The monoisotopic (exact) mass is 484 g/mol. The molecule has 0 aliphatic carbocycles. The maximum Gasteiger partial charge on any atom is 0.267 e. The lowest BCUT2D eigenvalue weighted by atomic mass is 10.1. The summed E-state index contributed by atoms with van der Waals surface area (Å²) in [6.07, 6.45) is 0. The van der Waals surface area contributed by atoms with E-state index in [9.17, 15) is 55.5 Å². The van der Waals surface area contributed by atoms with Gasteiger partial charge in [-0.2, -0.15) is 0 Å². The third-order valence-electron chi connectivity index (χ3n) is 5.06. The summed E-state index contributed by atoms with van der Waals surface area (Å²) in [7, 11) is 1.05. The summed E-state index contributed by atoms with van der Waals surface area (Å²) >= 11 is 5.95. The minimum atomic E-state index is -1.38. The number of carbonyl (C=O) groups excluding carboxylic acids is 1. The molecule has 0 saturated heterocycles. The van der Waals surface area contributed by atoms with Crippen LogP contribution in [-0.4, -0.2) is 63.0 Å². The highest BCUT2D eigenvalue weighted by Gasteiger charge is 2.34. The lowest BCUT2D eigenvalue weighted by molar-refractivity contribution is 0.0982. The highest BCUT2D eigenvalue weighted by Crippen LogP contribution is 2.55. The zero-order chi connectivity index (χ0) is 25.1. The molecule has 0 aliphatic rings. The predicted molar refractivity (Wildman–Crippen MR) is 113 cm³/mol. The Hall–Kier alpha value is -4.39. The van der Waals surface area contributed by atoms with Crippen molar-refractivity contribution in [3.63, 3.8) is 0 Å². The molecule has 0 radical (unpaired) electrons. The van der Waals surface area contributed by atoms with Gasteiger partial charge in [-0.15, -0.1) is 0 Å².